The number of nitrogen functional groups attached to an aromatic ring is 1. The van der Waals surface area contributed by atoms with Crippen LogP contribution in [0.3, 0.4) is 0 Å². The van der Waals surface area contributed by atoms with E-state index in [4.69, 9.17) is 5.84 Å². The first-order valence-corrected chi connectivity index (χ1v) is 7.08. The smallest absolute Gasteiger partial charge is 0.141 e. The molecule has 0 bridgehead atoms. The van der Waals surface area contributed by atoms with Gasteiger partial charge in [0.2, 0.25) is 0 Å². The Labute approximate surface area is 109 Å². The van der Waals surface area contributed by atoms with Gasteiger partial charge in [-0.3, -0.25) is 0 Å². The molecule has 1 aliphatic carbocycles. The van der Waals surface area contributed by atoms with Crippen LogP contribution in [0.1, 0.15) is 38.5 Å². The minimum Gasteiger partial charge on any atom is -0.368 e. The first-order valence-electron chi connectivity index (χ1n) is 7.08. The first-order chi connectivity index (χ1) is 8.88. The van der Waals surface area contributed by atoms with Crippen LogP contribution in [0.25, 0.3) is 0 Å². The summed E-state index contributed by atoms with van der Waals surface area (Å²) >= 11 is 0. The monoisotopic (exact) mass is 246 g/mol. The molecule has 1 aromatic heterocycles. The van der Waals surface area contributed by atoms with Gasteiger partial charge in [-0.25, -0.2) is 10.8 Å². The molecule has 2 unspecified atom stereocenters. The van der Waals surface area contributed by atoms with Gasteiger partial charge in [0.1, 0.15) is 5.82 Å². The molecule has 1 saturated heterocycles. The molecule has 3 rings (SSSR count). The van der Waals surface area contributed by atoms with Crippen LogP contribution in [-0.4, -0.2) is 17.6 Å². The van der Waals surface area contributed by atoms with Crippen LogP contribution in [0.4, 0.5) is 11.5 Å². The van der Waals surface area contributed by atoms with Crippen LogP contribution in [0.15, 0.2) is 18.3 Å². The summed E-state index contributed by atoms with van der Waals surface area (Å²) in [7, 11) is 0. The summed E-state index contributed by atoms with van der Waals surface area (Å²) in [5.41, 5.74) is 3.91. The third-order valence-corrected chi connectivity index (χ3v) is 4.47. The minimum absolute atomic E-state index is 0.737. The lowest BCUT2D eigenvalue weighted by molar-refractivity contribution is 0.244. The van der Waals surface area contributed by atoms with Crippen molar-refractivity contribution in [1.29, 1.82) is 0 Å². The van der Waals surface area contributed by atoms with Crippen LogP contribution < -0.4 is 16.2 Å². The van der Waals surface area contributed by atoms with Crippen molar-refractivity contribution in [3.8, 4) is 0 Å². The highest BCUT2D eigenvalue weighted by atomic mass is 15.3. The number of aromatic nitrogens is 1. The molecule has 2 fully saturated rings. The molecule has 3 N–H and O–H groups in total. The summed E-state index contributed by atoms with van der Waals surface area (Å²) in [4.78, 5) is 6.77. The molecule has 1 aliphatic heterocycles. The molecule has 2 atom stereocenters. The lowest BCUT2D eigenvalue weighted by Gasteiger charge is -2.45. The lowest BCUT2D eigenvalue weighted by atomic mass is 9.78. The summed E-state index contributed by atoms with van der Waals surface area (Å²) in [6.07, 6.45) is 10.1. The van der Waals surface area contributed by atoms with Crippen molar-refractivity contribution >= 4 is 11.5 Å². The van der Waals surface area contributed by atoms with E-state index in [9.17, 15) is 0 Å². The SMILES string of the molecule is NNc1cc(N2CCCC3CCCCC32)ccn1. The van der Waals surface area contributed by atoms with Gasteiger partial charge in [-0.2, -0.15) is 0 Å². The van der Waals surface area contributed by atoms with E-state index in [-0.39, 0.29) is 0 Å². The largest absolute Gasteiger partial charge is 0.368 e. The van der Waals surface area contributed by atoms with E-state index in [0.717, 1.165) is 17.8 Å². The summed E-state index contributed by atoms with van der Waals surface area (Å²) in [5, 5.41) is 0. The number of anilines is 2. The average Bonchev–Trinajstić information content (AvgIpc) is 2.47. The van der Waals surface area contributed by atoms with Crippen molar-refractivity contribution in [2.24, 2.45) is 11.8 Å². The van der Waals surface area contributed by atoms with Crippen molar-refractivity contribution in [3.05, 3.63) is 18.3 Å². The fourth-order valence-corrected chi connectivity index (χ4v) is 3.62. The van der Waals surface area contributed by atoms with Gasteiger partial charge in [0.15, 0.2) is 0 Å². The van der Waals surface area contributed by atoms with Gasteiger partial charge < -0.3 is 10.3 Å². The topological polar surface area (TPSA) is 54.2 Å². The van der Waals surface area contributed by atoms with Crippen molar-refractivity contribution < 1.29 is 0 Å². The van der Waals surface area contributed by atoms with Gasteiger partial charge in [-0.15, -0.1) is 0 Å². The summed E-state index contributed by atoms with van der Waals surface area (Å²) in [6.45, 7) is 1.18. The normalized spacial score (nSPS) is 27.7. The maximum Gasteiger partial charge on any atom is 0.141 e. The Hall–Kier alpha value is -1.29. The number of hydrazine groups is 1. The highest BCUT2D eigenvalue weighted by Gasteiger charge is 2.33. The van der Waals surface area contributed by atoms with Crippen LogP contribution in [-0.2, 0) is 0 Å². The second-order valence-corrected chi connectivity index (χ2v) is 5.49. The maximum absolute atomic E-state index is 5.45. The van der Waals surface area contributed by atoms with Gasteiger partial charge in [0.05, 0.1) is 0 Å². The van der Waals surface area contributed by atoms with E-state index in [1.807, 2.05) is 6.20 Å². The third-order valence-electron chi connectivity index (χ3n) is 4.47. The zero-order valence-electron chi connectivity index (χ0n) is 10.8. The van der Waals surface area contributed by atoms with E-state index in [2.05, 4.69) is 27.4 Å². The molecule has 98 valence electrons. The standard InChI is InChI=1S/C14H22N4/c15-17-14-10-12(7-8-16-14)18-9-3-5-11-4-1-2-6-13(11)18/h7-8,10-11,13H,1-6,9,15H2,(H,16,17). The molecule has 1 saturated carbocycles. The Balaban J connectivity index is 1.84. The molecule has 0 spiro atoms. The molecule has 18 heavy (non-hydrogen) atoms. The molecule has 2 heterocycles. The third kappa shape index (κ3) is 2.17. The van der Waals surface area contributed by atoms with Crippen LogP contribution in [0.5, 0.6) is 0 Å². The first kappa shape index (κ1) is 11.8. The number of nitrogens with two attached hydrogens (primary N) is 1. The van der Waals surface area contributed by atoms with Gasteiger partial charge in [0, 0.05) is 30.5 Å². The average molecular weight is 246 g/mol. The lowest BCUT2D eigenvalue weighted by Crippen LogP contribution is -2.46. The number of piperidine rings is 1. The Morgan fingerprint density at radius 2 is 2.06 bits per heavy atom. The second kappa shape index (κ2) is 5.14. The number of pyridine rings is 1. The number of nitrogens with one attached hydrogen (secondary N) is 1. The molecule has 4 heteroatoms. The van der Waals surface area contributed by atoms with Gasteiger partial charge in [-0.1, -0.05) is 12.8 Å². The Morgan fingerprint density at radius 3 is 2.94 bits per heavy atom. The Bertz CT molecular complexity index is 405. The summed E-state index contributed by atoms with van der Waals surface area (Å²) < 4.78 is 0. The second-order valence-electron chi connectivity index (χ2n) is 5.49. The quantitative estimate of drug-likeness (QED) is 0.622. The van der Waals surface area contributed by atoms with E-state index in [1.165, 1.54) is 50.8 Å². The van der Waals surface area contributed by atoms with Crippen molar-refractivity contribution in [3.63, 3.8) is 0 Å². The minimum atomic E-state index is 0.737. The van der Waals surface area contributed by atoms with Gasteiger partial charge in [-0.05, 0) is 37.7 Å². The van der Waals surface area contributed by atoms with Crippen LogP contribution >= 0.6 is 0 Å². The van der Waals surface area contributed by atoms with Crippen LogP contribution in [0.2, 0.25) is 0 Å². The fourth-order valence-electron chi connectivity index (χ4n) is 3.62. The molecule has 0 radical (unpaired) electrons. The number of fused-ring (bicyclic) bond motifs is 1. The van der Waals surface area contributed by atoms with E-state index < -0.39 is 0 Å². The van der Waals surface area contributed by atoms with Gasteiger partial charge >= 0.3 is 0 Å². The fraction of sp³-hybridized carbons (Fsp3) is 0.643. The zero-order chi connectivity index (χ0) is 12.4. The van der Waals surface area contributed by atoms with Gasteiger partial charge in [0.25, 0.3) is 0 Å². The Kier molecular flexibility index (Phi) is 3.37. The molecule has 1 aromatic rings. The van der Waals surface area contributed by atoms with Crippen molar-refractivity contribution in [2.75, 3.05) is 16.9 Å². The van der Waals surface area contributed by atoms with Crippen molar-refractivity contribution in [2.45, 2.75) is 44.6 Å². The molecule has 0 aromatic carbocycles. The number of hydrogen-bond acceptors (Lipinski definition) is 4. The van der Waals surface area contributed by atoms with E-state index in [1.54, 1.807) is 0 Å². The Morgan fingerprint density at radius 1 is 1.22 bits per heavy atom. The van der Waals surface area contributed by atoms with Crippen molar-refractivity contribution in [1.82, 2.24) is 4.98 Å². The highest BCUT2D eigenvalue weighted by Crippen LogP contribution is 2.37. The van der Waals surface area contributed by atoms with E-state index >= 15 is 0 Å². The number of nitrogens with zero attached hydrogens (tertiary/aromatic N) is 2. The number of rotatable bonds is 2. The van der Waals surface area contributed by atoms with Crippen LogP contribution in [0, 0.1) is 5.92 Å². The maximum atomic E-state index is 5.45. The zero-order valence-corrected chi connectivity index (χ0v) is 10.8. The molecule has 0 amide bonds. The highest BCUT2D eigenvalue weighted by molar-refractivity contribution is 5.54. The molecular weight excluding hydrogens is 224 g/mol. The molecular formula is C14H22N4. The predicted octanol–water partition coefficient (Wildman–Crippen LogP) is 2.53. The summed E-state index contributed by atoms with van der Waals surface area (Å²) in [5.74, 6) is 7.10. The number of hydrogen-bond donors (Lipinski definition) is 2. The van der Waals surface area contributed by atoms with E-state index in [0.29, 0.717) is 0 Å². The summed E-state index contributed by atoms with van der Waals surface area (Å²) in [6, 6.07) is 4.91. The predicted molar refractivity (Wildman–Crippen MR) is 74.4 cm³/mol. The molecule has 2 aliphatic rings. The molecule has 4 nitrogen and oxygen atoms in total.